The number of phenolic OH excluding ortho intramolecular Hbond substituents is 2. The number of aromatic amines is 1. The Morgan fingerprint density at radius 2 is 1.77 bits per heavy atom. The van der Waals surface area contributed by atoms with Crippen LogP contribution in [0.3, 0.4) is 0 Å². The third kappa shape index (κ3) is 1.13. The molecule has 0 unspecified atom stereocenters. The Labute approximate surface area is 89.8 Å². The number of nitrogens with zero attached hydrogens (tertiary/aromatic N) is 1. The van der Waals surface area contributed by atoms with E-state index in [-0.39, 0.29) is 11.5 Å². The van der Waals surface area contributed by atoms with Gasteiger partial charge in [0.15, 0.2) is 11.5 Å². The molecule has 0 aliphatic carbocycles. The minimum atomic E-state index is -0.205. The minimum Gasteiger partial charge on any atom is -0.503 e. The molecule has 4 nitrogen and oxygen atoms in total. The topological polar surface area (TPSA) is 69.1 Å². The van der Waals surface area contributed by atoms with Crippen molar-refractivity contribution in [1.29, 1.82) is 0 Å². The lowest BCUT2D eigenvalue weighted by Gasteiger charge is -2.03. The molecule has 0 atom stereocenters. The molecule has 0 saturated carbocycles. The smallest absolute Gasteiger partial charge is 0.175 e. The Balaban J connectivity index is 3.02. The van der Waals surface area contributed by atoms with E-state index in [1.165, 1.54) is 0 Å². The summed E-state index contributed by atoms with van der Waals surface area (Å²) in [6, 6.07) is 0. The van der Waals surface area contributed by atoms with Crippen LogP contribution in [-0.4, -0.2) is 20.4 Å². The highest BCUT2D eigenvalue weighted by Crippen LogP contribution is 2.44. The summed E-state index contributed by atoms with van der Waals surface area (Å²) in [5, 5.41) is 26.1. The van der Waals surface area contributed by atoms with Gasteiger partial charge in [-0.3, -0.25) is 5.10 Å². The summed E-state index contributed by atoms with van der Waals surface area (Å²) in [6.07, 6.45) is 1.56. The monoisotopic (exact) mass is 306 g/mol. The molecule has 1 aromatic carbocycles. The average molecular weight is 308 g/mol. The largest absolute Gasteiger partial charge is 0.503 e. The van der Waals surface area contributed by atoms with Crippen LogP contribution >= 0.6 is 31.9 Å². The average Bonchev–Trinajstić information content (AvgIpc) is 2.59. The normalized spacial score (nSPS) is 10.9. The lowest BCUT2D eigenvalue weighted by atomic mass is 10.2. The van der Waals surface area contributed by atoms with Crippen LogP contribution in [0.5, 0.6) is 11.5 Å². The van der Waals surface area contributed by atoms with Gasteiger partial charge in [0, 0.05) is 5.39 Å². The number of fused-ring (bicyclic) bond motifs is 1. The zero-order chi connectivity index (χ0) is 9.59. The number of H-pyrrole nitrogens is 1. The number of rotatable bonds is 0. The SMILES string of the molecule is Oc1c(O)c(Br)c2[nH]ncc2c1Br. The Morgan fingerprint density at radius 1 is 1.15 bits per heavy atom. The molecular formula is C7H4Br2N2O2. The van der Waals surface area contributed by atoms with E-state index in [2.05, 4.69) is 42.1 Å². The quantitative estimate of drug-likeness (QED) is 0.655. The highest BCUT2D eigenvalue weighted by Gasteiger charge is 2.16. The Morgan fingerprint density at radius 3 is 2.46 bits per heavy atom. The highest BCUT2D eigenvalue weighted by atomic mass is 79.9. The first-order valence-corrected chi connectivity index (χ1v) is 4.93. The summed E-state index contributed by atoms with van der Waals surface area (Å²) in [5.74, 6) is -0.399. The number of nitrogens with one attached hydrogen (secondary N) is 1. The van der Waals surface area contributed by atoms with Gasteiger partial charge in [0.05, 0.1) is 20.7 Å². The van der Waals surface area contributed by atoms with Gasteiger partial charge in [-0.15, -0.1) is 0 Å². The number of aromatic hydroxyl groups is 2. The maximum atomic E-state index is 9.43. The van der Waals surface area contributed by atoms with Gasteiger partial charge in [-0.25, -0.2) is 0 Å². The number of benzene rings is 1. The second kappa shape index (κ2) is 2.88. The Hall–Kier alpha value is -0.750. The van der Waals surface area contributed by atoms with Crippen molar-refractivity contribution in [3.8, 4) is 11.5 Å². The third-order valence-corrected chi connectivity index (χ3v) is 3.31. The molecule has 0 amide bonds. The van der Waals surface area contributed by atoms with Gasteiger partial charge in [0.2, 0.25) is 0 Å². The fourth-order valence-corrected chi connectivity index (χ4v) is 2.05. The van der Waals surface area contributed by atoms with Crippen LogP contribution in [0.4, 0.5) is 0 Å². The molecule has 1 aromatic heterocycles. The van der Waals surface area contributed by atoms with Crippen molar-refractivity contribution < 1.29 is 10.2 Å². The molecule has 0 spiro atoms. The standard InChI is InChI=1S/C7H4Br2N2O2/c8-3-2-1-10-11-5(2)4(9)7(13)6(3)12/h1,12-13H,(H,10,11). The molecule has 1 heterocycles. The molecule has 2 aromatic rings. The van der Waals surface area contributed by atoms with E-state index in [0.717, 1.165) is 0 Å². The predicted molar refractivity (Wildman–Crippen MR) is 54.8 cm³/mol. The first-order chi connectivity index (χ1) is 6.13. The summed E-state index contributed by atoms with van der Waals surface area (Å²) >= 11 is 6.30. The molecular weight excluding hydrogens is 304 g/mol. The maximum Gasteiger partial charge on any atom is 0.175 e. The number of phenols is 2. The van der Waals surface area contributed by atoms with E-state index in [4.69, 9.17) is 0 Å². The molecule has 0 saturated heterocycles. The Bertz CT molecular complexity index is 439. The van der Waals surface area contributed by atoms with Crippen LogP contribution in [0.15, 0.2) is 15.1 Å². The molecule has 13 heavy (non-hydrogen) atoms. The zero-order valence-electron chi connectivity index (χ0n) is 6.17. The van der Waals surface area contributed by atoms with Gasteiger partial charge in [-0.1, -0.05) is 0 Å². The molecule has 0 aliphatic heterocycles. The molecule has 0 bridgehead atoms. The van der Waals surface area contributed by atoms with Crippen molar-refractivity contribution in [2.75, 3.05) is 0 Å². The van der Waals surface area contributed by atoms with Crippen LogP contribution in [0, 0.1) is 0 Å². The van der Waals surface area contributed by atoms with E-state index in [1.54, 1.807) is 6.20 Å². The van der Waals surface area contributed by atoms with Gasteiger partial charge in [0.1, 0.15) is 0 Å². The van der Waals surface area contributed by atoms with Crippen LogP contribution in [-0.2, 0) is 0 Å². The van der Waals surface area contributed by atoms with Crippen molar-refractivity contribution in [3.63, 3.8) is 0 Å². The van der Waals surface area contributed by atoms with Crippen molar-refractivity contribution in [2.45, 2.75) is 0 Å². The van der Waals surface area contributed by atoms with Crippen LogP contribution in [0.25, 0.3) is 10.9 Å². The Kier molecular flexibility index (Phi) is 1.96. The van der Waals surface area contributed by atoms with Crippen LogP contribution in [0.2, 0.25) is 0 Å². The van der Waals surface area contributed by atoms with Gasteiger partial charge in [-0.05, 0) is 31.9 Å². The summed E-state index contributed by atoms with van der Waals surface area (Å²) in [6.45, 7) is 0. The van der Waals surface area contributed by atoms with E-state index in [9.17, 15) is 10.2 Å². The van der Waals surface area contributed by atoms with Crippen LogP contribution in [0.1, 0.15) is 0 Å². The van der Waals surface area contributed by atoms with E-state index >= 15 is 0 Å². The van der Waals surface area contributed by atoms with Crippen molar-refractivity contribution in [1.82, 2.24) is 10.2 Å². The number of hydrogen-bond acceptors (Lipinski definition) is 3. The van der Waals surface area contributed by atoms with Crippen LogP contribution < -0.4 is 0 Å². The van der Waals surface area contributed by atoms with E-state index in [1.807, 2.05) is 0 Å². The zero-order valence-corrected chi connectivity index (χ0v) is 9.35. The first kappa shape index (κ1) is 8.83. The molecule has 68 valence electrons. The van der Waals surface area contributed by atoms with Crippen molar-refractivity contribution in [2.24, 2.45) is 0 Å². The third-order valence-electron chi connectivity index (χ3n) is 1.74. The van der Waals surface area contributed by atoms with Crippen molar-refractivity contribution in [3.05, 3.63) is 15.1 Å². The number of hydrogen-bond donors (Lipinski definition) is 3. The summed E-state index contributed by atoms with van der Waals surface area (Å²) < 4.78 is 0.831. The molecule has 2 rings (SSSR count). The van der Waals surface area contributed by atoms with Gasteiger partial charge >= 0.3 is 0 Å². The molecule has 6 heteroatoms. The summed E-state index contributed by atoms with van der Waals surface area (Å²) in [5.41, 5.74) is 0.641. The predicted octanol–water partition coefficient (Wildman–Crippen LogP) is 2.50. The first-order valence-electron chi connectivity index (χ1n) is 3.35. The lowest BCUT2D eigenvalue weighted by molar-refractivity contribution is 0.400. The number of halogens is 2. The second-order valence-corrected chi connectivity index (χ2v) is 4.07. The molecule has 0 aliphatic rings. The summed E-state index contributed by atoms with van der Waals surface area (Å²) in [7, 11) is 0. The van der Waals surface area contributed by atoms with Crippen molar-refractivity contribution >= 4 is 42.8 Å². The number of aromatic nitrogens is 2. The molecule has 3 N–H and O–H groups in total. The van der Waals surface area contributed by atoms with E-state index < -0.39 is 0 Å². The van der Waals surface area contributed by atoms with Gasteiger partial charge in [-0.2, -0.15) is 5.10 Å². The van der Waals surface area contributed by atoms with Gasteiger partial charge in [0.25, 0.3) is 0 Å². The van der Waals surface area contributed by atoms with Gasteiger partial charge < -0.3 is 10.2 Å². The molecule has 0 fully saturated rings. The molecule has 0 radical (unpaired) electrons. The lowest BCUT2D eigenvalue weighted by Crippen LogP contribution is -1.78. The summed E-state index contributed by atoms with van der Waals surface area (Å²) in [4.78, 5) is 0. The fraction of sp³-hybridized carbons (Fsp3) is 0. The maximum absolute atomic E-state index is 9.43. The second-order valence-electron chi connectivity index (χ2n) is 2.48. The van der Waals surface area contributed by atoms with E-state index in [0.29, 0.717) is 19.8 Å². The minimum absolute atomic E-state index is 0.194. The fourth-order valence-electron chi connectivity index (χ4n) is 1.07. The highest BCUT2D eigenvalue weighted by molar-refractivity contribution is 9.11.